The zero-order valence-electron chi connectivity index (χ0n) is 15.9. The van der Waals surface area contributed by atoms with E-state index in [4.69, 9.17) is 10.6 Å². The van der Waals surface area contributed by atoms with Crippen LogP contribution in [0.2, 0.25) is 0 Å². The van der Waals surface area contributed by atoms with Crippen molar-refractivity contribution in [2.24, 2.45) is 0 Å². The molecular formula is C19H20N6O3S. The van der Waals surface area contributed by atoms with E-state index in [1.165, 1.54) is 18.7 Å². The van der Waals surface area contributed by atoms with Crippen LogP contribution >= 0.6 is 11.8 Å². The number of hydrogen-bond donors (Lipinski definition) is 3. The summed E-state index contributed by atoms with van der Waals surface area (Å²) in [5.41, 5.74) is 1.80. The van der Waals surface area contributed by atoms with Crippen LogP contribution in [0.4, 0.5) is 17.2 Å². The van der Waals surface area contributed by atoms with E-state index >= 15 is 0 Å². The van der Waals surface area contributed by atoms with Gasteiger partial charge in [0.05, 0.1) is 7.11 Å². The van der Waals surface area contributed by atoms with Crippen molar-refractivity contribution < 1.29 is 9.53 Å². The topological polar surface area (TPSA) is 124 Å². The second-order valence-electron chi connectivity index (χ2n) is 6.03. The maximum atomic E-state index is 12.5. The van der Waals surface area contributed by atoms with Gasteiger partial charge >= 0.3 is 5.56 Å². The summed E-state index contributed by atoms with van der Waals surface area (Å²) in [7, 11) is 1.61. The lowest BCUT2D eigenvalue weighted by molar-refractivity contribution is -0.114. The molecule has 1 heterocycles. The molecule has 0 radical (unpaired) electrons. The van der Waals surface area contributed by atoms with Gasteiger partial charge in [-0.15, -0.1) is 10.2 Å². The van der Waals surface area contributed by atoms with E-state index in [1.807, 2.05) is 24.3 Å². The molecule has 0 aliphatic rings. The van der Waals surface area contributed by atoms with Crippen molar-refractivity contribution in [1.82, 2.24) is 14.9 Å². The van der Waals surface area contributed by atoms with E-state index in [1.54, 1.807) is 31.4 Å². The van der Waals surface area contributed by atoms with E-state index < -0.39 is 5.56 Å². The first-order chi connectivity index (χ1) is 14.0. The van der Waals surface area contributed by atoms with Gasteiger partial charge in [0.1, 0.15) is 5.75 Å². The third-order valence-electron chi connectivity index (χ3n) is 3.86. The van der Waals surface area contributed by atoms with Crippen LogP contribution in [0.15, 0.2) is 58.5 Å². The second kappa shape index (κ2) is 9.11. The van der Waals surface area contributed by atoms with Crippen LogP contribution in [-0.2, 0) is 10.5 Å². The number of ether oxygens (including phenoxy) is 1. The van der Waals surface area contributed by atoms with Gasteiger partial charge in [0.2, 0.25) is 16.9 Å². The zero-order chi connectivity index (χ0) is 20.8. The van der Waals surface area contributed by atoms with Crippen molar-refractivity contribution in [2.45, 2.75) is 17.8 Å². The van der Waals surface area contributed by atoms with Gasteiger partial charge in [-0.1, -0.05) is 23.9 Å². The Kier molecular flexibility index (Phi) is 6.35. The van der Waals surface area contributed by atoms with Gasteiger partial charge in [-0.3, -0.25) is 9.59 Å². The quantitative estimate of drug-likeness (QED) is 0.399. The van der Waals surface area contributed by atoms with Crippen LogP contribution in [0, 0.1) is 0 Å². The van der Waals surface area contributed by atoms with Crippen LogP contribution in [-0.4, -0.2) is 27.9 Å². The summed E-state index contributed by atoms with van der Waals surface area (Å²) >= 11 is 1.31. The van der Waals surface area contributed by atoms with Crippen molar-refractivity contribution in [3.8, 4) is 5.75 Å². The summed E-state index contributed by atoms with van der Waals surface area (Å²) < 4.78 is 6.10. The molecule has 1 amide bonds. The summed E-state index contributed by atoms with van der Waals surface area (Å²) in [6, 6.07) is 14.4. The highest BCUT2D eigenvalue weighted by Gasteiger charge is 2.11. The van der Waals surface area contributed by atoms with Crippen LogP contribution in [0.25, 0.3) is 0 Å². The number of methoxy groups -OCH3 is 1. The van der Waals surface area contributed by atoms with Gasteiger partial charge in [-0.05, 0) is 42.0 Å². The largest absolute Gasteiger partial charge is 0.497 e. The summed E-state index contributed by atoms with van der Waals surface area (Å²) in [5.74, 6) is 7.09. The Labute approximate surface area is 171 Å². The van der Waals surface area contributed by atoms with Gasteiger partial charge in [0.25, 0.3) is 0 Å². The number of hydrogen-bond acceptors (Lipinski definition) is 8. The second-order valence-corrected chi connectivity index (χ2v) is 6.97. The number of carbonyl (C=O) groups is 1. The molecule has 4 N–H and O–H groups in total. The molecule has 2 aromatic carbocycles. The molecular weight excluding hydrogens is 392 g/mol. The molecule has 0 aliphatic carbocycles. The molecule has 0 spiro atoms. The Morgan fingerprint density at radius 1 is 1.10 bits per heavy atom. The Hall–Kier alpha value is -3.53. The fraction of sp³-hybridized carbons (Fsp3) is 0.158. The van der Waals surface area contributed by atoms with Crippen LogP contribution in [0.5, 0.6) is 5.75 Å². The number of thioether (sulfide) groups is 1. The molecule has 3 aromatic rings. The molecule has 3 rings (SSSR count). The maximum absolute atomic E-state index is 12.5. The van der Waals surface area contributed by atoms with Crippen LogP contribution in [0.3, 0.4) is 0 Å². The lowest BCUT2D eigenvalue weighted by atomic mass is 10.2. The molecule has 0 atom stereocenters. The van der Waals surface area contributed by atoms with Crippen LogP contribution in [0.1, 0.15) is 12.5 Å². The molecule has 0 saturated carbocycles. The molecule has 0 saturated heterocycles. The number of nitrogens with zero attached hydrogens (tertiary/aromatic N) is 3. The lowest BCUT2D eigenvalue weighted by Gasteiger charge is -2.10. The number of aromatic nitrogens is 3. The van der Waals surface area contributed by atoms with Crippen molar-refractivity contribution in [1.29, 1.82) is 0 Å². The van der Waals surface area contributed by atoms with Crippen molar-refractivity contribution in [3.05, 3.63) is 64.4 Å². The average molecular weight is 412 g/mol. The SMILES string of the molecule is COc1ccc(CSc2nnc(Nc3ccc(NC(C)=O)cc3)c(=O)n2N)cc1. The third-order valence-corrected chi connectivity index (χ3v) is 4.87. The summed E-state index contributed by atoms with van der Waals surface area (Å²) in [6.45, 7) is 1.43. The van der Waals surface area contributed by atoms with Gasteiger partial charge in [0.15, 0.2) is 0 Å². The van der Waals surface area contributed by atoms with E-state index in [0.717, 1.165) is 16.0 Å². The highest BCUT2D eigenvalue weighted by atomic mass is 32.2. The van der Waals surface area contributed by atoms with Gasteiger partial charge in [-0.2, -0.15) is 4.68 Å². The Morgan fingerprint density at radius 2 is 1.76 bits per heavy atom. The molecule has 150 valence electrons. The number of amides is 1. The molecule has 0 fully saturated rings. The number of nitrogen functional groups attached to an aromatic ring is 1. The monoisotopic (exact) mass is 412 g/mol. The minimum Gasteiger partial charge on any atom is -0.497 e. The highest BCUT2D eigenvalue weighted by Crippen LogP contribution is 2.21. The molecule has 10 heteroatoms. The van der Waals surface area contributed by atoms with Gasteiger partial charge < -0.3 is 21.2 Å². The van der Waals surface area contributed by atoms with Crippen molar-refractivity contribution in [2.75, 3.05) is 23.6 Å². The first kappa shape index (κ1) is 20.2. The highest BCUT2D eigenvalue weighted by molar-refractivity contribution is 7.98. The van der Waals surface area contributed by atoms with E-state index in [2.05, 4.69) is 20.8 Å². The summed E-state index contributed by atoms with van der Waals surface area (Å²) in [5, 5.41) is 13.9. The summed E-state index contributed by atoms with van der Waals surface area (Å²) in [4.78, 5) is 23.6. The Morgan fingerprint density at radius 3 is 2.38 bits per heavy atom. The van der Waals surface area contributed by atoms with E-state index in [-0.39, 0.29) is 11.7 Å². The Balaban J connectivity index is 1.68. The minimum absolute atomic E-state index is 0.00794. The van der Waals surface area contributed by atoms with Gasteiger partial charge in [-0.25, -0.2) is 0 Å². The maximum Gasteiger partial charge on any atom is 0.315 e. The fourth-order valence-corrected chi connectivity index (χ4v) is 3.22. The molecule has 1 aromatic heterocycles. The number of anilines is 3. The predicted octanol–water partition coefficient (Wildman–Crippen LogP) is 2.35. The predicted molar refractivity (Wildman–Crippen MR) is 113 cm³/mol. The fourth-order valence-electron chi connectivity index (χ4n) is 2.41. The van der Waals surface area contributed by atoms with E-state index in [9.17, 15) is 9.59 Å². The molecule has 0 bridgehead atoms. The summed E-state index contributed by atoms with van der Waals surface area (Å²) in [6.07, 6.45) is 0. The van der Waals surface area contributed by atoms with Crippen LogP contribution < -0.4 is 26.8 Å². The van der Waals surface area contributed by atoms with E-state index in [0.29, 0.717) is 22.3 Å². The normalized spacial score (nSPS) is 10.4. The molecule has 0 unspecified atom stereocenters. The number of nitrogens with one attached hydrogen (secondary N) is 2. The zero-order valence-corrected chi connectivity index (χ0v) is 16.7. The average Bonchev–Trinajstić information content (AvgIpc) is 2.72. The van der Waals surface area contributed by atoms with Gasteiger partial charge in [0, 0.05) is 24.1 Å². The molecule has 9 nitrogen and oxygen atoms in total. The lowest BCUT2D eigenvalue weighted by Crippen LogP contribution is -2.32. The van der Waals surface area contributed by atoms with Crippen molar-refractivity contribution in [3.63, 3.8) is 0 Å². The Bertz CT molecular complexity index is 1050. The molecule has 0 aliphatic heterocycles. The number of benzene rings is 2. The number of carbonyl (C=O) groups excluding carboxylic acids is 1. The van der Waals surface area contributed by atoms with Crippen molar-refractivity contribution >= 4 is 34.9 Å². The standard InChI is InChI=1S/C19H20N6O3S/c1-12(26)21-14-5-7-15(8-6-14)22-17-18(27)25(20)19(24-23-17)29-11-13-3-9-16(28-2)10-4-13/h3-10H,11,20H2,1-2H3,(H,21,26)(H,22,23). The first-order valence-corrected chi connectivity index (χ1v) is 9.60. The first-order valence-electron chi connectivity index (χ1n) is 8.61. The number of nitrogens with two attached hydrogens (primary N) is 1. The third kappa shape index (κ3) is 5.26. The minimum atomic E-state index is -0.497. The number of rotatable bonds is 7. The molecule has 29 heavy (non-hydrogen) atoms. The smallest absolute Gasteiger partial charge is 0.315 e.